The van der Waals surface area contributed by atoms with Gasteiger partial charge in [-0.1, -0.05) is 34.1 Å². The summed E-state index contributed by atoms with van der Waals surface area (Å²) in [5, 5.41) is 21.6. The van der Waals surface area contributed by atoms with E-state index in [4.69, 9.17) is 4.43 Å². The van der Waals surface area contributed by atoms with Crippen molar-refractivity contribution >= 4 is 8.32 Å². The molecule has 0 aromatic heterocycles. The summed E-state index contributed by atoms with van der Waals surface area (Å²) in [6.45, 7) is 17.9. The lowest BCUT2D eigenvalue weighted by molar-refractivity contribution is -0.0590. The van der Waals surface area contributed by atoms with Gasteiger partial charge in [0.25, 0.3) is 0 Å². The normalized spacial score (nSPS) is 31.0. The van der Waals surface area contributed by atoms with Gasteiger partial charge in [-0.3, -0.25) is 0 Å². The van der Waals surface area contributed by atoms with Crippen LogP contribution >= 0.6 is 0 Å². The number of aliphatic hydroxyl groups excluding tert-OH is 1. The molecule has 0 spiro atoms. The number of aliphatic hydroxyl groups is 2. The van der Waals surface area contributed by atoms with Gasteiger partial charge in [-0.15, -0.1) is 0 Å². The van der Waals surface area contributed by atoms with E-state index in [1.807, 2.05) is 13.8 Å². The molecule has 0 amide bonds. The van der Waals surface area contributed by atoms with Gasteiger partial charge < -0.3 is 14.6 Å². The first kappa shape index (κ1) is 21.1. The maximum absolute atomic E-state index is 10.8. The average molecular weight is 345 g/mol. The van der Waals surface area contributed by atoms with Crippen molar-refractivity contribution < 1.29 is 14.6 Å². The van der Waals surface area contributed by atoms with Crippen molar-refractivity contribution in [1.82, 2.24) is 0 Å². The number of hydrogen-bond donors (Lipinski definition) is 2. The summed E-state index contributed by atoms with van der Waals surface area (Å²) in [5.74, 6) is 0.572. The molecule has 0 unspecified atom stereocenters. The van der Waals surface area contributed by atoms with Crippen molar-refractivity contribution in [2.75, 3.05) is 6.61 Å². The highest BCUT2D eigenvalue weighted by Gasteiger charge is 2.42. The Balaban J connectivity index is 2.79. The molecule has 0 aromatic carbocycles. The van der Waals surface area contributed by atoms with Gasteiger partial charge in [-0.25, -0.2) is 0 Å². The predicted molar refractivity (Wildman–Crippen MR) is 100 cm³/mol. The predicted octanol–water partition coefficient (Wildman–Crippen LogP) is 4.58. The highest BCUT2D eigenvalue weighted by Crippen LogP contribution is 2.41. The molecule has 0 aromatic rings. The largest absolute Gasteiger partial charge is 0.417 e. The summed E-state index contributed by atoms with van der Waals surface area (Å²) in [7, 11) is -1.75. The van der Waals surface area contributed by atoms with Crippen molar-refractivity contribution in [3.63, 3.8) is 0 Å². The van der Waals surface area contributed by atoms with Crippen LogP contribution in [0.25, 0.3) is 0 Å². The molecule has 0 heterocycles. The van der Waals surface area contributed by atoms with E-state index < -0.39 is 13.9 Å². The number of hydrogen-bond acceptors (Lipinski definition) is 3. The van der Waals surface area contributed by atoms with Crippen molar-refractivity contribution in [3.8, 4) is 0 Å². The van der Waals surface area contributed by atoms with Crippen LogP contribution in [0.1, 0.15) is 67.2 Å². The average Bonchev–Trinajstić information content (AvgIpc) is 2.49. The van der Waals surface area contributed by atoms with Crippen LogP contribution in [0.3, 0.4) is 0 Å². The summed E-state index contributed by atoms with van der Waals surface area (Å²) in [5.41, 5.74) is -0.743. The maximum Gasteiger partial charge on any atom is 0.191 e. The zero-order valence-electron chi connectivity index (χ0n) is 16.6. The Morgan fingerprint density at radius 1 is 1.09 bits per heavy atom. The summed E-state index contributed by atoms with van der Waals surface area (Å²) in [6, 6.07) is 0. The highest BCUT2D eigenvalue weighted by molar-refractivity contribution is 6.74. The third kappa shape index (κ3) is 5.55. The van der Waals surface area contributed by atoms with E-state index in [-0.39, 0.29) is 23.0 Å². The molecule has 4 heteroatoms. The molecule has 2 N–H and O–H groups in total. The fourth-order valence-corrected chi connectivity index (χ4v) is 4.68. The molecule has 138 valence electrons. The van der Waals surface area contributed by atoms with Crippen LogP contribution in [0.4, 0.5) is 0 Å². The van der Waals surface area contributed by atoms with Crippen LogP contribution in [-0.2, 0) is 4.43 Å². The molecule has 3 nitrogen and oxygen atoms in total. The molecule has 1 saturated carbocycles. The SMILES string of the molecule is C[C@@H]1CCC[C@@H](C(C)(C)O)[C@H](CCO[Si](C)(C)C(C)(C)C)[C@@H]1O. The second-order valence-corrected chi connectivity index (χ2v) is 14.5. The van der Waals surface area contributed by atoms with Gasteiger partial charge in [0.05, 0.1) is 11.7 Å². The van der Waals surface area contributed by atoms with Crippen molar-refractivity contribution in [3.05, 3.63) is 0 Å². The topological polar surface area (TPSA) is 49.7 Å². The van der Waals surface area contributed by atoms with E-state index >= 15 is 0 Å². The minimum atomic E-state index is -1.75. The van der Waals surface area contributed by atoms with Gasteiger partial charge in [0, 0.05) is 6.61 Å². The van der Waals surface area contributed by atoms with Gasteiger partial charge >= 0.3 is 0 Å². The zero-order chi connectivity index (χ0) is 18.1. The van der Waals surface area contributed by atoms with Gasteiger partial charge in [0.15, 0.2) is 8.32 Å². The lowest BCUT2D eigenvalue weighted by Gasteiger charge is -2.40. The van der Waals surface area contributed by atoms with E-state index in [0.29, 0.717) is 12.5 Å². The Morgan fingerprint density at radius 3 is 2.13 bits per heavy atom. The summed E-state index contributed by atoms with van der Waals surface area (Å²) < 4.78 is 6.33. The monoisotopic (exact) mass is 344 g/mol. The fourth-order valence-electron chi connectivity index (χ4n) is 3.62. The van der Waals surface area contributed by atoms with Crippen molar-refractivity contribution in [2.24, 2.45) is 17.8 Å². The van der Waals surface area contributed by atoms with E-state index in [1.54, 1.807) is 0 Å². The quantitative estimate of drug-likeness (QED) is 0.567. The smallest absolute Gasteiger partial charge is 0.191 e. The molecule has 0 aliphatic heterocycles. The van der Waals surface area contributed by atoms with Gasteiger partial charge in [-0.05, 0) is 69.0 Å². The van der Waals surface area contributed by atoms with Crippen LogP contribution in [0, 0.1) is 17.8 Å². The first-order valence-corrected chi connectivity index (χ1v) is 12.2. The van der Waals surface area contributed by atoms with Gasteiger partial charge in [0.1, 0.15) is 0 Å². The van der Waals surface area contributed by atoms with E-state index in [0.717, 1.165) is 25.7 Å². The molecule has 1 aliphatic carbocycles. The molecule has 0 saturated heterocycles. The molecule has 0 radical (unpaired) electrons. The maximum atomic E-state index is 10.8. The lowest BCUT2D eigenvalue weighted by Crippen LogP contribution is -2.44. The highest BCUT2D eigenvalue weighted by atomic mass is 28.4. The Bertz CT molecular complexity index is 368. The third-order valence-electron chi connectivity index (χ3n) is 6.34. The lowest BCUT2D eigenvalue weighted by atomic mass is 9.74. The summed E-state index contributed by atoms with van der Waals surface area (Å²) in [4.78, 5) is 0. The molecule has 23 heavy (non-hydrogen) atoms. The van der Waals surface area contributed by atoms with Gasteiger partial charge in [-0.2, -0.15) is 0 Å². The molecule has 4 atom stereocenters. The molecular weight excluding hydrogens is 304 g/mol. The third-order valence-corrected chi connectivity index (χ3v) is 10.9. The molecule has 1 fully saturated rings. The fraction of sp³-hybridized carbons (Fsp3) is 1.00. The summed E-state index contributed by atoms with van der Waals surface area (Å²) in [6.07, 6.45) is 3.64. The van der Waals surface area contributed by atoms with Crippen LogP contribution in [0.5, 0.6) is 0 Å². The molecular formula is C19H40O3Si. The zero-order valence-corrected chi connectivity index (χ0v) is 17.6. The Labute approximate surface area is 145 Å². The first-order valence-electron chi connectivity index (χ1n) is 9.32. The van der Waals surface area contributed by atoms with E-state index in [9.17, 15) is 10.2 Å². The minimum Gasteiger partial charge on any atom is -0.417 e. The Hall–Kier alpha value is 0.0969. The Morgan fingerprint density at radius 2 is 1.65 bits per heavy atom. The van der Waals surface area contributed by atoms with Crippen LogP contribution < -0.4 is 0 Å². The molecule has 1 aliphatic rings. The Kier molecular flexibility index (Phi) is 6.94. The van der Waals surface area contributed by atoms with E-state index in [1.165, 1.54) is 0 Å². The molecule has 1 rings (SSSR count). The van der Waals surface area contributed by atoms with Crippen molar-refractivity contribution in [1.29, 1.82) is 0 Å². The van der Waals surface area contributed by atoms with Crippen LogP contribution in [-0.4, -0.2) is 36.8 Å². The minimum absolute atomic E-state index is 0.122. The van der Waals surface area contributed by atoms with Crippen LogP contribution in [0.15, 0.2) is 0 Å². The molecule has 0 bridgehead atoms. The second-order valence-electron chi connectivity index (χ2n) is 9.72. The van der Waals surface area contributed by atoms with E-state index in [2.05, 4.69) is 40.8 Å². The second kappa shape index (κ2) is 7.55. The summed E-state index contributed by atoms with van der Waals surface area (Å²) >= 11 is 0. The standard InChI is InChI=1S/C19H40O3Si/c1-14-10-9-11-16(19(5,6)21)15(17(14)20)12-13-22-23(7,8)18(2,3)4/h14-17,20-21H,9-13H2,1-8H3/t14-,15+,16-,17-/m1/s1. The number of rotatable bonds is 5. The van der Waals surface area contributed by atoms with Crippen LogP contribution in [0.2, 0.25) is 18.1 Å². The van der Waals surface area contributed by atoms with Crippen molar-refractivity contribution in [2.45, 2.75) is 97.1 Å². The van der Waals surface area contributed by atoms with Gasteiger partial charge in [0.2, 0.25) is 0 Å². The first-order chi connectivity index (χ1) is 10.3.